The molecule has 0 aromatic carbocycles. The van der Waals surface area contributed by atoms with Crippen LogP contribution in [0, 0.1) is 0 Å². The van der Waals surface area contributed by atoms with Crippen LogP contribution in [0.5, 0.6) is 5.75 Å². The molecule has 0 atom stereocenters. The lowest BCUT2D eigenvalue weighted by atomic mass is 10.00. The maximum atomic E-state index is 9.21. The van der Waals surface area contributed by atoms with Gasteiger partial charge < -0.3 is 5.11 Å². The summed E-state index contributed by atoms with van der Waals surface area (Å²) in [6.07, 6.45) is 8.51. The first-order valence-corrected chi connectivity index (χ1v) is 4.50. The van der Waals surface area contributed by atoms with Gasteiger partial charge in [-0.15, -0.1) is 0 Å². The standard InChI is InChI=1S/C10H13NO/c12-10-5-9(6-11-7-10)8-3-1-2-4-8/h5-8,12H,1-4H2. The van der Waals surface area contributed by atoms with E-state index >= 15 is 0 Å². The van der Waals surface area contributed by atoms with E-state index in [9.17, 15) is 5.11 Å². The maximum Gasteiger partial charge on any atom is 0.134 e. The Labute approximate surface area is 72.3 Å². The molecule has 1 aromatic heterocycles. The molecule has 1 saturated carbocycles. The summed E-state index contributed by atoms with van der Waals surface area (Å²) in [7, 11) is 0. The first-order valence-electron chi connectivity index (χ1n) is 4.50. The topological polar surface area (TPSA) is 33.1 Å². The van der Waals surface area contributed by atoms with E-state index in [2.05, 4.69) is 4.98 Å². The summed E-state index contributed by atoms with van der Waals surface area (Å²) >= 11 is 0. The van der Waals surface area contributed by atoms with Crippen molar-refractivity contribution in [2.75, 3.05) is 0 Å². The number of nitrogens with zero attached hydrogens (tertiary/aromatic N) is 1. The molecule has 2 heteroatoms. The minimum Gasteiger partial charge on any atom is -0.506 e. The van der Waals surface area contributed by atoms with Crippen molar-refractivity contribution < 1.29 is 5.11 Å². The molecular formula is C10H13NO. The molecule has 0 spiro atoms. The van der Waals surface area contributed by atoms with Gasteiger partial charge in [0.05, 0.1) is 6.20 Å². The van der Waals surface area contributed by atoms with E-state index in [-0.39, 0.29) is 0 Å². The predicted molar refractivity (Wildman–Crippen MR) is 47.1 cm³/mol. The third kappa shape index (κ3) is 1.42. The van der Waals surface area contributed by atoms with E-state index in [0.717, 1.165) is 0 Å². The molecule has 1 N–H and O–H groups in total. The van der Waals surface area contributed by atoms with Crippen molar-refractivity contribution in [2.24, 2.45) is 0 Å². The Hall–Kier alpha value is -1.05. The molecule has 1 aliphatic carbocycles. The highest BCUT2D eigenvalue weighted by atomic mass is 16.3. The van der Waals surface area contributed by atoms with Gasteiger partial charge in [-0.3, -0.25) is 4.98 Å². The third-order valence-electron chi connectivity index (χ3n) is 2.57. The zero-order chi connectivity index (χ0) is 8.39. The second kappa shape index (κ2) is 3.13. The van der Waals surface area contributed by atoms with Crippen molar-refractivity contribution in [3.63, 3.8) is 0 Å². The molecule has 1 aliphatic rings. The monoisotopic (exact) mass is 163 g/mol. The molecular weight excluding hydrogens is 150 g/mol. The van der Waals surface area contributed by atoms with E-state index in [1.54, 1.807) is 0 Å². The van der Waals surface area contributed by atoms with E-state index in [4.69, 9.17) is 0 Å². The quantitative estimate of drug-likeness (QED) is 0.689. The average molecular weight is 163 g/mol. The van der Waals surface area contributed by atoms with Gasteiger partial charge in [-0.05, 0) is 30.4 Å². The summed E-state index contributed by atoms with van der Waals surface area (Å²) in [6, 6.07) is 1.84. The third-order valence-corrected chi connectivity index (χ3v) is 2.57. The fourth-order valence-electron chi connectivity index (χ4n) is 1.93. The largest absolute Gasteiger partial charge is 0.506 e. The van der Waals surface area contributed by atoms with Crippen LogP contribution in [0.2, 0.25) is 0 Å². The molecule has 12 heavy (non-hydrogen) atoms. The number of hydrogen-bond donors (Lipinski definition) is 1. The molecule has 0 radical (unpaired) electrons. The lowest BCUT2D eigenvalue weighted by Crippen LogP contribution is -1.92. The highest BCUT2D eigenvalue weighted by Gasteiger charge is 2.17. The second-order valence-electron chi connectivity index (χ2n) is 3.46. The Balaban J connectivity index is 2.21. The SMILES string of the molecule is Oc1cncc(C2CCCC2)c1. The van der Waals surface area contributed by atoms with Crippen LogP contribution in [0.25, 0.3) is 0 Å². The smallest absolute Gasteiger partial charge is 0.134 e. The summed E-state index contributed by atoms with van der Waals surface area (Å²) in [6.45, 7) is 0. The Morgan fingerprint density at radius 2 is 2.00 bits per heavy atom. The Kier molecular flexibility index (Phi) is 1.98. The van der Waals surface area contributed by atoms with Gasteiger partial charge in [-0.1, -0.05) is 12.8 Å². The highest BCUT2D eigenvalue weighted by Crippen LogP contribution is 2.34. The summed E-state index contributed by atoms with van der Waals surface area (Å²) in [5.41, 5.74) is 1.20. The van der Waals surface area contributed by atoms with Gasteiger partial charge in [0.15, 0.2) is 0 Å². The van der Waals surface area contributed by atoms with Crippen molar-refractivity contribution in [2.45, 2.75) is 31.6 Å². The lowest BCUT2D eigenvalue weighted by Gasteiger charge is -2.07. The number of pyridine rings is 1. The summed E-state index contributed by atoms with van der Waals surface area (Å²) in [5, 5.41) is 9.21. The van der Waals surface area contributed by atoms with E-state index in [1.165, 1.54) is 37.4 Å². The summed E-state index contributed by atoms with van der Waals surface area (Å²) in [5.74, 6) is 0.934. The molecule has 0 aliphatic heterocycles. The molecule has 0 unspecified atom stereocenters. The van der Waals surface area contributed by atoms with Crippen LogP contribution in [-0.4, -0.2) is 10.1 Å². The van der Waals surface area contributed by atoms with Gasteiger partial charge in [0.2, 0.25) is 0 Å². The van der Waals surface area contributed by atoms with E-state index in [0.29, 0.717) is 11.7 Å². The Bertz CT molecular complexity index is 266. The highest BCUT2D eigenvalue weighted by molar-refractivity contribution is 5.25. The first kappa shape index (κ1) is 7.59. The number of rotatable bonds is 1. The van der Waals surface area contributed by atoms with Crippen LogP contribution in [0.1, 0.15) is 37.2 Å². The zero-order valence-electron chi connectivity index (χ0n) is 7.03. The van der Waals surface area contributed by atoms with Crippen LogP contribution in [-0.2, 0) is 0 Å². The number of hydrogen-bond acceptors (Lipinski definition) is 2. The van der Waals surface area contributed by atoms with Crippen LogP contribution in [0.15, 0.2) is 18.5 Å². The molecule has 0 amide bonds. The molecule has 1 heterocycles. The second-order valence-corrected chi connectivity index (χ2v) is 3.46. The molecule has 0 bridgehead atoms. The van der Waals surface area contributed by atoms with E-state index < -0.39 is 0 Å². The van der Waals surface area contributed by atoms with Crippen molar-refractivity contribution in [3.8, 4) is 5.75 Å². The van der Waals surface area contributed by atoms with Gasteiger partial charge in [0, 0.05) is 6.20 Å². The molecule has 2 nitrogen and oxygen atoms in total. The number of aromatic hydroxyl groups is 1. The minimum atomic E-state index is 0.291. The van der Waals surface area contributed by atoms with Gasteiger partial charge in [0.1, 0.15) is 5.75 Å². The molecule has 1 fully saturated rings. The Morgan fingerprint density at radius 3 is 2.67 bits per heavy atom. The molecule has 2 rings (SSSR count). The minimum absolute atomic E-state index is 0.291. The zero-order valence-corrected chi connectivity index (χ0v) is 7.03. The maximum absolute atomic E-state index is 9.21. The van der Waals surface area contributed by atoms with Gasteiger partial charge in [0.25, 0.3) is 0 Å². The van der Waals surface area contributed by atoms with Crippen molar-refractivity contribution in [1.29, 1.82) is 0 Å². The molecule has 64 valence electrons. The summed E-state index contributed by atoms with van der Waals surface area (Å²) < 4.78 is 0. The van der Waals surface area contributed by atoms with Gasteiger partial charge in [-0.25, -0.2) is 0 Å². The predicted octanol–water partition coefficient (Wildman–Crippen LogP) is 2.44. The van der Waals surface area contributed by atoms with Crippen molar-refractivity contribution in [3.05, 3.63) is 24.0 Å². The van der Waals surface area contributed by atoms with Crippen molar-refractivity contribution >= 4 is 0 Å². The van der Waals surface area contributed by atoms with Crippen LogP contribution >= 0.6 is 0 Å². The lowest BCUT2D eigenvalue weighted by molar-refractivity contribution is 0.470. The normalized spacial score (nSPS) is 18.3. The fourth-order valence-corrected chi connectivity index (χ4v) is 1.93. The number of aromatic nitrogens is 1. The van der Waals surface area contributed by atoms with Crippen molar-refractivity contribution in [1.82, 2.24) is 4.98 Å². The molecule has 0 saturated heterocycles. The van der Waals surface area contributed by atoms with Crippen LogP contribution < -0.4 is 0 Å². The molecule has 1 aromatic rings. The summed E-state index contributed by atoms with van der Waals surface area (Å²) in [4.78, 5) is 3.98. The fraction of sp³-hybridized carbons (Fsp3) is 0.500. The first-order chi connectivity index (χ1) is 5.86. The van der Waals surface area contributed by atoms with E-state index in [1.807, 2.05) is 12.3 Å². The van der Waals surface area contributed by atoms with Gasteiger partial charge >= 0.3 is 0 Å². The van der Waals surface area contributed by atoms with Crippen LogP contribution in [0.4, 0.5) is 0 Å². The van der Waals surface area contributed by atoms with Gasteiger partial charge in [-0.2, -0.15) is 0 Å². The average Bonchev–Trinajstić information content (AvgIpc) is 2.56. The Morgan fingerprint density at radius 1 is 1.25 bits per heavy atom. The van der Waals surface area contributed by atoms with Crippen LogP contribution in [0.3, 0.4) is 0 Å².